The highest BCUT2D eigenvalue weighted by Crippen LogP contribution is 2.01. The van der Waals surface area contributed by atoms with Crippen LogP contribution in [0.25, 0.3) is 0 Å². The van der Waals surface area contributed by atoms with E-state index in [0.717, 1.165) is 11.5 Å². The topological polar surface area (TPSA) is 52.0 Å². The van der Waals surface area contributed by atoms with Crippen molar-refractivity contribution >= 4 is 12.4 Å². The predicted octanol–water partition coefficient (Wildman–Crippen LogP) is 0.864. The fraction of sp³-hybridized carbons (Fsp3) is 0.400. The van der Waals surface area contributed by atoms with Gasteiger partial charge < -0.3 is 10.2 Å². The normalized spacial score (nSPS) is 8.67. The highest BCUT2D eigenvalue weighted by atomic mass is 35.5. The molecule has 0 bridgehead atoms. The molecule has 1 aromatic rings. The Kier molecular flexibility index (Phi) is 3.27. The second-order valence-electron chi connectivity index (χ2n) is 1.56. The van der Waals surface area contributed by atoms with Crippen LogP contribution in [0.3, 0.4) is 0 Å². The second-order valence-corrected chi connectivity index (χ2v) is 1.56. The summed E-state index contributed by atoms with van der Waals surface area (Å²) in [6.07, 6.45) is 1.40. The molecule has 0 unspecified atom stereocenters. The molecular formula is C5H9ClN2O. The first-order valence-corrected chi connectivity index (χ1v) is 2.43. The van der Waals surface area contributed by atoms with Crippen LogP contribution in [0, 0.1) is 6.92 Å². The zero-order valence-corrected chi connectivity index (χ0v) is 5.94. The first kappa shape index (κ1) is 8.46. The Bertz CT molecular complexity index is 175. The molecule has 0 spiro atoms. The Morgan fingerprint density at radius 1 is 1.78 bits per heavy atom. The minimum Gasteiger partial charge on any atom is -0.448 e. The lowest BCUT2D eigenvalue weighted by molar-refractivity contribution is 0.524. The van der Waals surface area contributed by atoms with E-state index < -0.39 is 0 Å². The van der Waals surface area contributed by atoms with Gasteiger partial charge in [-0.05, 0) is 6.92 Å². The van der Waals surface area contributed by atoms with E-state index in [1.807, 2.05) is 6.92 Å². The number of nitrogens with two attached hydrogens (primary N) is 1. The smallest absolute Gasteiger partial charge is 0.181 e. The molecule has 0 aliphatic heterocycles. The molecule has 0 radical (unpaired) electrons. The van der Waals surface area contributed by atoms with Crippen LogP contribution in [0.4, 0.5) is 0 Å². The highest BCUT2D eigenvalue weighted by Gasteiger charge is 1.96. The molecule has 1 heterocycles. The minimum atomic E-state index is 0. The fourth-order valence-corrected chi connectivity index (χ4v) is 0.524. The van der Waals surface area contributed by atoms with Crippen LogP contribution in [0.5, 0.6) is 0 Å². The van der Waals surface area contributed by atoms with Gasteiger partial charge in [-0.2, -0.15) is 0 Å². The lowest BCUT2D eigenvalue weighted by atomic mass is 10.4. The predicted molar refractivity (Wildman–Crippen MR) is 36.4 cm³/mol. The third-order valence-electron chi connectivity index (χ3n) is 1.04. The van der Waals surface area contributed by atoms with E-state index in [1.54, 1.807) is 0 Å². The van der Waals surface area contributed by atoms with Crippen molar-refractivity contribution in [2.24, 2.45) is 5.73 Å². The van der Waals surface area contributed by atoms with Crippen molar-refractivity contribution in [1.29, 1.82) is 0 Å². The third-order valence-corrected chi connectivity index (χ3v) is 1.04. The summed E-state index contributed by atoms with van der Waals surface area (Å²) in [5.41, 5.74) is 6.11. The number of aromatic nitrogens is 1. The summed E-state index contributed by atoms with van der Waals surface area (Å²) in [6.45, 7) is 2.30. The van der Waals surface area contributed by atoms with Gasteiger partial charge in [-0.15, -0.1) is 12.4 Å². The summed E-state index contributed by atoms with van der Waals surface area (Å²) in [7, 11) is 0. The summed E-state index contributed by atoms with van der Waals surface area (Å²) in [6, 6.07) is 0. The quantitative estimate of drug-likeness (QED) is 0.643. The van der Waals surface area contributed by atoms with Gasteiger partial charge in [0.2, 0.25) is 0 Å². The van der Waals surface area contributed by atoms with E-state index in [0.29, 0.717) is 6.54 Å². The van der Waals surface area contributed by atoms with E-state index in [4.69, 9.17) is 10.2 Å². The van der Waals surface area contributed by atoms with Crippen molar-refractivity contribution < 1.29 is 4.42 Å². The minimum absolute atomic E-state index is 0. The van der Waals surface area contributed by atoms with Gasteiger partial charge in [0.1, 0.15) is 5.76 Å². The molecule has 9 heavy (non-hydrogen) atoms. The summed E-state index contributed by atoms with van der Waals surface area (Å²) in [5, 5.41) is 0. The molecule has 1 rings (SSSR count). The van der Waals surface area contributed by atoms with Crippen molar-refractivity contribution in [2.75, 3.05) is 0 Å². The van der Waals surface area contributed by atoms with Crippen LogP contribution < -0.4 is 5.73 Å². The van der Waals surface area contributed by atoms with Crippen LogP contribution in [0.2, 0.25) is 0 Å². The maximum Gasteiger partial charge on any atom is 0.181 e. The molecule has 0 aromatic carbocycles. The van der Waals surface area contributed by atoms with Crippen LogP contribution in [-0.2, 0) is 6.54 Å². The van der Waals surface area contributed by atoms with Crippen molar-refractivity contribution in [2.45, 2.75) is 13.5 Å². The Labute approximate surface area is 59.7 Å². The van der Waals surface area contributed by atoms with Crippen molar-refractivity contribution in [3.63, 3.8) is 0 Å². The van der Waals surface area contributed by atoms with Gasteiger partial charge >= 0.3 is 0 Å². The molecule has 0 saturated heterocycles. The number of aryl methyl sites for hydroxylation is 1. The molecular weight excluding hydrogens is 140 g/mol. The summed E-state index contributed by atoms with van der Waals surface area (Å²) >= 11 is 0. The number of hydrogen-bond acceptors (Lipinski definition) is 3. The zero-order valence-electron chi connectivity index (χ0n) is 5.13. The fourth-order valence-electron chi connectivity index (χ4n) is 0.524. The van der Waals surface area contributed by atoms with Crippen LogP contribution >= 0.6 is 12.4 Å². The summed E-state index contributed by atoms with van der Waals surface area (Å²) in [5.74, 6) is 0.813. The van der Waals surface area contributed by atoms with Crippen molar-refractivity contribution in [3.8, 4) is 0 Å². The molecule has 1 aromatic heterocycles. The molecule has 4 heteroatoms. The Morgan fingerprint density at radius 2 is 2.44 bits per heavy atom. The standard InChI is InChI=1S/C5H8N2O.ClH/c1-4-5(2-6)7-3-8-4;/h3H,2,6H2,1H3;1H. The summed E-state index contributed by atoms with van der Waals surface area (Å²) < 4.78 is 4.86. The number of halogens is 1. The molecule has 0 aliphatic rings. The van der Waals surface area contributed by atoms with Crippen molar-refractivity contribution in [3.05, 3.63) is 17.8 Å². The average Bonchev–Trinajstić information content (AvgIpc) is 2.14. The van der Waals surface area contributed by atoms with Crippen LogP contribution in [0.1, 0.15) is 11.5 Å². The van der Waals surface area contributed by atoms with E-state index in [2.05, 4.69) is 4.98 Å². The Morgan fingerprint density at radius 3 is 2.67 bits per heavy atom. The Balaban J connectivity index is 0.000000640. The van der Waals surface area contributed by atoms with Gasteiger partial charge in [0.25, 0.3) is 0 Å². The maximum atomic E-state index is 5.27. The SMILES string of the molecule is Cc1ocnc1CN.Cl. The number of oxazole rings is 1. The van der Waals surface area contributed by atoms with Gasteiger partial charge in [-0.3, -0.25) is 0 Å². The lowest BCUT2D eigenvalue weighted by Crippen LogP contribution is -1.97. The molecule has 0 saturated carbocycles. The Hall–Kier alpha value is -0.540. The molecule has 52 valence electrons. The zero-order chi connectivity index (χ0) is 5.98. The second kappa shape index (κ2) is 3.48. The molecule has 0 aliphatic carbocycles. The largest absolute Gasteiger partial charge is 0.448 e. The monoisotopic (exact) mass is 148 g/mol. The molecule has 2 N–H and O–H groups in total. The van der Waals surface area contributed by atoms with Gasteiger partial charge in [0.05, 0.1) is 5.69 Å². The average molecular weight is 149 g/mol. The molecule has 0 atom stereocenters. The van der Waals surface area contributed by atoms with Crippen LogP contribution in [-0.4, -0.2) is 4.98 Å². The van der Waals surface area contributed by atoms with E-state index in [-0.39, 0.29) is 12.4 Å². The van der Waals surface area contributed by atoms with Gasteiger partial charge in [-0.25, -0.2) is 4.98 Å². The number of rotatable bonds is 1. The first-order chi connectivity index (χ1) is 3.84. The number of nitrogens with zero attached hydrogens (tertiary/aromatic N) is 1. The van der Waals surface area contributed by atoms with E-state index in [1.165, 1.54) is 6.39 Å². The number of hydrogen-bond donors (Lipinski definition) is 1. The van der Waals surface area contributed by atoms with E-state index >= 15 is 0 Å². The third kappa shape index (κ3) is 1.69. The molecule has 0 amide bonds. The highest BCUT2D eigenvalue weighted by molar-refractivity contribution is 5.85. The van der Waals surface area contributed by atoms with Gasteiger partial charge in [-0.1, -0.05) is 0 Å². The van der Waals surface area contributed by atoms with Crippen LogP contribution in [0.15, 0.2) is 10.8 Å². The van der Waals surface area contributed by atoms with Crippen molar-refractivity contribution in [1.82, 2.24) is 4.98 Å². The van der Waals surface area contributed by atoms with Gasteiger partial charge in [0, 0.05) is 6.54 Å². The molecule has 3 nitrogen and oxygen atoms in total. The first-order valence-electron chi connectivity index (χ1n) is 2.43. The van der Waals surface area contributed by atoms with Gasteiger partial charge in [0.15, 0.2) is 6.39 Å². The lowest BCUT2D eigenvalue weighted by Gasteiger charge is -1.84. The molecule has 0 fully saturated rings. The maximum absolute atomic E-state index is 5.27. The summed E-state index contributed by atoms with van der Waals surface area (Å²) in [4.78, 5) is 3.84. The van der Waals surface area contributed by atoms with E-state index in [9.17, 15) is 0 Å².